The second-order valence-electron chi connectivity index (χ2n) is 4.32. The SMILES string of the molecule is Nc1c(I)c(C(=O)NCO)c(I)c(C(=O)NCC(O)CO)c1I. The number of halogens is 3. The molecule has 0 saturated heterocycles. The number of amides is 2. The molecule has 7 N–H and O–H groups in total. The van der Waals surface area contributed by atoms with Crippen molar-refractivity contribution in [1.82, 2.24) is 10.6 Å². The van der Waals surface area contributed by atoms with Crippen LogP contribution in [0.15, 0.2) is 0 Å². The molecule has 0 radical (unpaired) electrons. The minimum Gasteiger partial charge on any atom is -0.397 e. The molecule has 8 nitrogen and oxygen atoms in total. The zero-order chi connectivity index (χ0) is 17.7. The molecule has 0 aromatic heterocycles. The highest BCUT2D eigenvalue weighted by atomic mass is 127. The van der Waals surface area contributed by atoms with E-state index < -0.39 is 31.3 Å². The first kappa shape index (κ1) is 21.1. The lowest BCUT2D eigenvalue weighted by Gasteiger charge is -2.17. The predicted molar refractivity (Wildman–Crippen MR) is 109 cm³/mol. The summed E-state index contributed by atoms with van der Waals surface area (Å²) in [5.74, 6) is -1.07. The van der Waals surface area contributed by atoms with Crippen molar-refractivity contribution >= 4 is 85.3 Å². The van der Waals surface area contributed by atoms with Crippen molar-refractivity contribution in [2.45, 2.75) is 6.10 Å². The standard InChI is InChI=1S/C12H14I3N3O5/c13-7-5(11(22)17-1-4(21)2-19)8(14)10(16)9(15)6(7)12(23)18-3-20/h4,19-21H,1-3,16H2,(H,17,22)(H,18,23). The molecule has 0 fully saturated rings. The fourth-order valence-corrected chi connectivity index (χ4v) is 5.75. The van der Waals surface area contributed by atoms with E-state index in [-0.39, 0.29) is 23.4 Å². The molecule has 11 heteroatoms. The second-order valence-corrected chi connectivity index (χ2v) is 7.55. The quantitative estimate of drug-likeness (QED) is 0.142. The topological polar surface area (TPSA) is 145 Å². The van der Waals surface area contributed by atoms with Crippen LogP contribution >= 0.6 is 67.8 Å². The Morgan fingerprint density at radius 3 is 1.91 bits per heavy atom. The van der Waals surface area contributed by atoms with E-state index in [0.717, 1.165) is 0 Å². The van der Waals surface area contributed by atoms with Gasteiger partial charge < -0.3 is 31.7 Å². The summed E-state index contributed by atoms with van der Waals surface area (Å²) >= 11 is 5.68. The van der Waals surface area contributed by atoms with Crippen LogP contribution in [0, 0.1) is 10.7 Å². The molecule has 0 bridgehead atoms. The van der Waals surface area contributed by atoms with Crippen LogP contribution in [0.4, 0.5) is 5.69 Å². The maximum Gasteiger partial charge on any atom is 0.255 e. The van der Waals surface area contributed by atoms with Gasteiger partial charge in [-0.2, -0.15) is 0 Å². The first-order valence-electron chi connectivity index (χ1n) is 6.18. The molecule has 0 aliphatic heterocycles. The lowest BCUT2D eigenvalue weighted by Crippen LogP contribution is -2.35. The minimum absolute atomic E-state index is 0.133. The van der Waals surface area contributed by atoms with Crippen molar-refractivity contribution < 1.29 is 24.9 Å². The Hall–Kier alpha value is 0.0300. The molecule has 23 heavy (non-hydrogen) atoms. The number of hydrogen-bond acceptors (Lipinski definition) is 6. The van der Waals surface area contributed by atoms with Crippen molar-refractivity contribution in [2.75, 3.05) is 25.6 Å². The van der Waals surface area contributed by atoms with Crippen LogP contribution in [0.3, 0.4) is 0 Å². The number of rotatable bonds is 6. The summed E-state index contributed by atoms with van der Waals surface area (Å²) in [6.07, 6.45) is -1.08. The van der Waals surface area contributed by atoms with Crippen molar-refractivity contribution in [3.8, 4) is 0 Å². The zero-order valence-electron chi connectivity index (χ0n) is 11.6. The summed E-state index contributed by atoms with van der Waals surface area (Å²) in [4.78, 5) is 24.4. The number of carbonyl (C=O) groups is 2. The number of hydrogen-bond donors (Lipinski definition) is 6. The molecule has 128 valence electrons. The van der Waals surface area contributed by atoms with Gasteiger partial charge in [-0.05, 0) is 67.8 Å². The Balaban J connectivity index is 3.32. The van der Waals surface area contributed by atoms with Crippen LogP contribution in [0.25, 0.3) is 0 Å². The molecular weight excluding hydrogens is 647 g/mol. The van der Waals surface area contributed by atoms with Gasteiger partial charge in [0, 0.05) is 10.1 Å². The lowest BCUT2D eigenvalue weighted by atomic mass is 10.1. The molecule has 0 spiro atoms. The molecule has 2 amide bonds. The Morgan fingerprint density at radius 1 is 1.00 bits per heavy atom. The van der Waals surface area contributed by atoms with E-state index in [1.807, 2.05) is 67.8 Å². The number of nitrogens with two attached hydrogens (primary N) is 1. The highest BCUT2D eigenvalue weighted by molar-refractivity contribution is 14.1. The Labute approximate surface area is 173 Å². The van der Waals surface area contributed by atoms with E-state index in [2.05, 4.69) is 10.6 Å². The summed E-state index contributed by atoms with van der Waals surface area (Å²) in [7, 11) is 0. The molecule has 1 aromatic rings. The van der Waals surface area contributed by atoms with Gasteiger partial charge in [0.2, 0.25) is 0 Å². The third-order valence-corrected chi connectivity index (χ3v) is 6.07. The first-order chi connectivity index (χ1) is 10.8. The van der Waals surface area contributed by atoms with Gasteiger partial charge in [0.05, 0.1) is 36.7 Å². The third-order valence-electron chi connectivity index (χ3n) is 2.75. The van der Waals surface area contributed by atoms with E-state index in [9.17, 15) is 14.7 Å². The number of aliphatic hydroxyl groups excluding tert-OH is 3. The van der Waals surface area contributed by atoms with Gasteiger partial charge in [-0.25, -0.2) is 0 Å². The van der Waals surface area contributed by atoms with Crippen LogP contribution in [0.5, 0.6) is 0 Å². The average molecular weight is 661 g/mol. The Morgan fingerprint density at radius 2 is 1.48 bits per heavy atom. The van der Waals surface area contributed by atoms with E-state index in [1.165, 1.54) is 0 Å². The van der Waals surface area contributed by atoms with Crippen LogP contribution < -0.4 is 16.4 Å². The Kier molecular flexibility index (Phi) is 8.70. The number of nitrogen functional groups attached to an aromatic ring is 1. The zero-order valence-corrected chi connectivity index (χ0v) is 18.0. The molecule has 0 aliphatic carbocycles. The summed E-state index contributed by atoms with van der Waals surface area (Å²) in [5, 5.41) is 31.7. The number of carbonyl (C=O) groups excluding carboxylic acids is 2. The van der Waals surface area contributed by atoms with Crippen LogP contribution in [0.1, 0.15) is 20.7 Å². The van der Waals surface area contributed by atoms with Gasteiger partial charge >= 0.3 is 0 Å². The largest absolute Gasteiger partial charge is 0.397 e. The monoisotopic (exact) mass is 661 g/mol. The average Bonchev–Trinajstić information content (AvgIpc) is 2.50. The van der Waals surface area contributed by atoms with Crippen LogP contribution in [0.2, 0.25) is 0 Å². The van der Waals surface area contributed by atoms with Gasteiger partial charge in [0.15, 0.2) is 0 Å². The summed E-state index contributed by atoms with van der Waals surface area (Å²) in [6, 6.07) is 0. The maximum atomic E-state index is 12.4. The lowest BCUT2D eigenvalue weighted by molar-refractivity contribution is 0.0801. The number of nitrogens with one attached hydrogen (secondary N) is 2. The van der Waals surface area contributed by atoms with E-state index in [0.29, 0.717) is 10.7 Å². The van der Waals surface area contributed by atoms with Gasteiger partial charge in [0.25, 0.3) is 11.8 Å². The van der Waals surface area contributed by atoms with Gasteiger partial charge in [-0.1, -0.05) is 0 Å². The summed E-state index contributed by atoms with van der Waals surface area (Å²) in [6.45, 7) is -1.15. The van der Waals surface area contributed by atoms with Crippen molar-refractivity contribution in [1.29, 1.82) is 0 Å². The molecular formula is C12H14I3N3O5. The molecule has 0 heterocycles. The third kappa shape index (κ3) is 5.00. The van der Waals surface area contributed by atoms with Crippen LogP contribution in [-0.2, 0) is 0 Å². The molecule has 1 rings (SSSR count). The second kappa shape index (κ2) is 9.50. The summed E-state index contributed by atoms with van der Waals surface area (Å²) in [5.41, 5.74) is 6.66. The highest BCUT2D eigenvalue weighted by Crippen LogP contribution is 2.33. The molecule has 1 unspecified atom stereocenters. The molecule has 1 atom stereocenters. The number of anilines is 1. The fraction of sp³-hybridized carbons (Fsp3) is 0.333. The fourth-order valence-electron chi connectivity index (χ4n) is 1.61. The van der Waals surface area contributed by atoms with Gasteiger partial charge in [0.1, 0.15) is 6.73 Å². The summed E-state index contributed by atoms with van der Waals surface area (Å²) < 4.78 is 1.34. The van der Waals surface area contributed by atoms with E-state index >= 15 is 0 Å². The van der Waals surface area contributed by atoms with Gasteiger partial charge in [-0.3, -0.25) is 9.59 Å². The molecule has 1 aromatic carbocycles. The van der Waals surface area contributed by atoms with Crippen LogP contribution in [-0.4, -0.2) is 53.1 Å². The first-order valence-corrected chi connectivity index (χ1v) is 9.41. The normalized spacial score (nSPS) is 11.9. The molecule has 0 saturated carbocycles. The van der Waals surface area contributed by atoms with E-state index in [1.54, 1.807) is 0 Å². The maximum absolute atomic E-state index is 12.4. The number of aliphatic hydroxyl groups is 3. The Bertz CT molecular complexity index is 627. The molecule has 0 aliphatic rings. The predicted octanol–water partition coefficient (Wildman–Crippen LogP) is -0.155. The minimum atomic E-state index is -1.08. The smallest absolute Gasteiger partial charge is 0.255 e. The van der Waals surface area contributed by atoms with Gasteiger partial charge in [-0.15, -0.1) is 0 Å². The van der Waals surface area contributed by atoms with E-state index in [4.69, 9.17) is 15.9 Å². The highest BCUT2D eigenvalue weighted by Gasteiger charge is 2.26. The number of benzene rings is 1. The van der Waals surface area contributed by atoms with Crippen molar-refractivity contribution in [3.63, 3.8) is 0 Å². The van der Waals surface area contributed by atoms with Crippen molar-refractivity contribution in [2.24, 2.45) is 0 Å². The van der Waals surface area contributed by atoms with Crippen molar-refractivity contribution in [3.05, 3.63) is 21.8 Å².